The lowest BCUT2D eigenvalue weighted by Gasteiger charge is -2.48. The summed E-state index contributed by atoms with van der Waals surface area (Å²) >= 11 is 0. The molecule has 3 aliphatic carbocycles. The third kappa shape index (κ3) is 4.29. The monoisotopic (exact) mass is 689 g/mol. The third-order valence-corrected chi connectivity index (χ3v) is 11.0. The van der Waals surface area contributed by atoms with Crippen molar-refractivity contribution in [3.05, 3.63) is 99.1 Å². The van der Waals surface area contributed by atoms with Crippen molar-refractivity contribution in [3.63, 3.8) is 0 Å². The van der Waals surface area contributed by atoms with Gasteiger partial charge in [-0.25, -0.2) is 0 Å². The highest BCUT2D eigenvalue weighted by molar-refractivity contribution is 6.31. The number of aliphatic hydroxyl groups is 1. The quantitative estimate of drug-likeness (QED) is 0.252. The number of fused-ring (bicyclic) bond motifs is 5. The number of phenols is 1. The Balaban J connectivity index is 1.24. The van der Waals surface area contributed by atoms with Crippen molar-refractivity contribution < 1.29 is 53.4 Å². The van der Waals surface area contributed by atoms with Crippen molar-refractivity contribution in [1.29, 1.82) is 0 Å². The summed E-state index contributed by atoms with van der Waals surface area (Å²) < 4.78 is 0. The number of carbonyl (C=O) groups is 9. The maximum Gasteiger partial charge on any atom is 0.261 e. The van der Waals surface area contributed by atoms with E-state index < -0.39 is 106 Å². The molecule has 0 aromatic heterocycles. The van der Waals surface area contributed by atoms with Crippen LogP contribution in [0.4, 0.5) is 0 Å². The van der Waals surface area contributed by atoms with Crippen molar-refractivity contribution >= 4 is 52.7 Å². The normalized spacial score (nSPS) is 26.6. The first-order valence-corrected chi connectivity index (χ1v) is 16.2. The number of carbonyl (C=O) groups excluding carboxylic acids is 9. The minimum absolute atomic E-state index is 0.102. The Morgan fingerprint density at radius 1 is 0.745 bits per heavy atom. The molecule has 51 heavy (non-hydrogen) atoms. The van der Waals surface area contributed by atoms with Crippen LogP contribution in [0.2, 0.25) is 0 Å². The van der Waals surface area contributed by atoms with Gasteiger partial charge in [-0.15, -0.1) is 0 Å². The fourth-order valence-corrected chi connectivity index (χ4v) is 8.54. The van der Waals surface area contributed by atoms with Crippen LogP contribution < -0.4 is 5.73 Å². The van der Waals surface area contributed by atoms with Gasteiger partial charge < -0.3 is 15.9 Å². The van der Waals surface area contributed by atoms with Gasteiger partial charge in [-0.05, 0) is 60.2 Å². The van der Waals surface area contributed by atoms with E-state index in [4.69, 9.17) is 5.73 Å². The van der Waals surface area contributed by atoms with E-state index in [-0.39, 0.29) is 58.3 Å². The van der Waals surface area contributed by atoms with Crippen LogP contribution in [-0.4, -0.2) is 78.3 Å². The molecule has 4 N–H and O–H groups in total. The molecule has 3 aromatic carbocycles. The van der Waals surface area contributed by atoms with Crippen molar-refractivity contribution in [2.75, 3.05) is 0 Å². The summed E-state index contributed by atoms with van der Waals surface area (Å²) in [6, 6.07) is 13.7. The summed E-state index contributed by atoms with van der Waals surface area (Å²) in [5.74, 6) is -14.9. The molecule has 2 aliphatic heterocycles. The standard InChI is InChI=1S/C37H27N3O11/c38-32(46)27-24(41)12-18-10-15-11-23-16(13-39-33(47)19-5-1-2-6-20(19)34(39)48)9-17(14-40-35(49)21-7-3-4-8-22(21)36(40)50)28(42)26(23)29(43)25(15)30(44)37(18,51)31(27)45/h1-9,15,18,25,27,42,51H,10-14H2,(H2,38,46)/t15-,18+,25?,27?,37+/m1/s1. The Bertz CT molecular complexity index is 2190. The number of rotatable bonds is 5. The second kappa shape index (κ2) is 10.9. The Kier molecular flexibility index (Phi) is 6.87. The minimum Gasteiger partial charge on any atom is -0.507 e. The molecule has 0 bridgehead atoms. The molecular formula is C37H27N3O11. The number of amides is 5. The molecule has 5 aliphatic rings. The molecule has 256 valence electrons. The van der Waals surface area contributed by atoms with Crippen LogP contribution >= 0.6 is 0 Å². The highest BCUT2D eigenvalue weighted by Gasteiger charge is 2.66. The number of nitrogens with two attached hydrogens (primary N) is 1. The lowest BCUT2D eigenvalue weighted by molar-refractivity contribution is -0.175. The maximum atomic E-state index is 14.4. The molecule has 8 rings (SSSR count). The average molecular weight is 690 g/mol. The van der Waals surface area contributed by atoms with Gasteiger partial charge in [0.25, 0.3) is 23.6 Å². The van der Waals surface area contributed by atoms with Crippen LogP contribution in [0.25, 0.3) is 0 Å². The molecule has 2 heterocycles. The van der Waals surface area contributed by atoms with Crippen LogP contribution in [-0.2, 0) is 38.7 Å². The number of nitrogens with zero attached hydrogens (tertiary/aromatic N) is 2. The molecule has 3 aromatic rings. The van der Waals surface area contributed by atoms with Gasteiger partial charge in [0, 0.05) is 17.9 Å². The maximum absolute atomic E-state index is 14.4. The predicted molar refractivity (Wildman–Crippen MR) is 170 cm³/mol. The smallest absolute Gasteiger partial charge is 0.261 e. The number of Topliss-reactive ketones (excluding diaryl/α,β-unsaturated/α-hetero) is 4. The van der Waals surface area contributed by atoms with Gasteiger partial charge in [0.1, 0.15) is 5.75 Å². The van der Waals surface area contributed by atoms with Gasteiger partial charge >= 0.3 is 0 Å². The summed E-state index contributed by atoms with van der Waals surface area (Å²) in [5, 5.41) is 23.3. The van der Waals surface area contributed by atoms with Crippen LogP contribution in [0.5, 0.6) is 5.75 Å². The van der Waals surface area contributed by atoms with Crippen LogP contribution in [0, 0.1) is 23.7 Å². The summed E-state index contributed by atoms with van der Waals surface area (Å²) in [6.45, 7) is -0.907. The number of imide groups is 2. The molecule has 2 unspecified atom stereocenters. The zero-order valence-electron chi connectivity index (χ0n) is 26.6. The van der Waals surface area contributed by atoms with Crippen molar-refractivity contribution in [1.82, 2.24) is 9.80 Å². The highest BCUT2D eigenvalue weighted by atomic mass is 16.3. The SMILES string of the molecule is NC(=O)C1C(=O)C[C@@H]2C[C@@H]3Cc4c(CN5C(=O)c6ccccc6C5=O)cc(CN5C(=O)c6ccccc6C5=O)c(O)c4C(=O)C3C(=O)[C@]2(O)C1=O. The molecule has 5 atom stereocenters. The zero-order valence-corrected chi connectivity index (χ0v) is 26.6. The number of aromatic hydroxyl groups is 1. The largest absolute Gasteiger partial charge is 0.507 e. The first-order chi connectivity index (χ1) is 24.2. The molecule has 14 nitrogen and oxygen atoms in total. The molecule has 14 heteroatoms. The van der Waals surface area contributed by atoms with E-state index in [1.807, 2.05) is 0 Å². The lowest BCUT2D eigenvalue weighted by atomic mass is 9.53. The fraction of sp³-hybridized carbons (Fsp3) is 0.270. The molecule has 0 radical (unpaired) electrons. The van der Waals surface area contributed by atoms with Gasteiger partial charge in [-0.2, -0.15) is 0 Å². The van der Waals surface area contributed by atoms with Gasteiger partial charge in [-0.3, -0.25) is 53.0 Å². The first-order valence-electron chi connectivity index (χ1n) is 16.2. The highest BCUT2D eigenvalue weighted by Crippen LogP contribution is 2.51. The molecule has 0 saturated heterocycles. The Morgan fingerprint density at radius 3 is 1.73 bits per heavy atom. The summed E-state index contributed by atoms with van der Waals surface area (Å²) in [7, 11) is 0. The number of hydrogen-bond acceptors (Lipinski definition) is 11. The topological polar surface area (TPSA) is 227 Å². The van der Waals surface area contributed by atoms with Crippen molar-refractivity contribution in [2.45, 2.75) is 38.0 Å². The Labute approximate surface area is 287 Å². The van der Waals surface area contributed by atoms with Gasteiger partial charge in [0.05, 0.1) is 46.8 Å². The van der Waals surface area contributed by atoms with Gasteiger partial charge in [0.15, 0.2) is 34.7 Å². The fourth-order valence-electron chi connectivity index (χ4n) is 8.54. The first kappa shape index (κ1) is 32.1. The number of ketones is 4. The minimum atomic E-state index is -2.86. The van der Waals surface area contributed by atoms with Gasteiger partial charge in [-0.1, -0.05) is 24.3 Å². The summed E-state index contributed by atoms with van der Waals surface area (Å²) in [4.78, 5) is 122. The van der Waals surface area contributed by atoms with E-state index >= 15 is 0 Å². The average Bonchev–Trinajstić information content (AvgIpc) is 3.48. The Morgan fingerprint density at radius 2 is 1.24 bits per heavy atom. The van der Waals surface area contributed by atoms with Crippen LogP contribution in [0.1, 0.15) is 81.3 Å². The second-order valence-electron chi connectivity index (χ2n) is 13.6. The van der Waals surface area contributed by atoms with Gasteiger partial charge in [0.2, 0.25) is 5.91 Å². The van der Waals surface area contributed by atoms with E-state index in [9.17, 15) is 53.4 Å². The van der Waals surface area contributed by atoms with Crippen LogP contribution in [0.3, 0.4) is 0 Å². The predicted octanol–water partition coefficient (Wildman–Crippen LogP) is 0.919. The van der Waals surface area contributed by atoms with Crippen LogP contribution in [0.15, 0.2) is 54.6 Å². The summed E-state index contributed by atoms with van der Waals surface area (Å²) in [5.41, 5.74) is 2.90. The van der Waals surface area contributed by atoms with Crippen molar-refractivity contribution in [3.8, 4) is 5.75 Å². The van der Waals surface area contributed by atoms with E-state index in [0.717, 1.165) is 9.80 Å². The lowest BCUT2D eigenvalue weighted by Crippen LogP contribution is -2.68. The number of benzene rings is 3. The summed E-state index contributed by atoms with van der Waals surface area (Å²) in [6.07, 6.45) is -0.783. The number of phenolic OH excluding ortho intramolecular Hbond substituents is 1. The van der Waals surface area contributed by atoms with E-state index in [1.165, 1.54) is 30.3 Å². The molecular weight excluding hydrogens is 662 g/mol. The molecule has 2 fully saturated rings. The zero-order chi connectivity index (χ0) is 36.3. The Hall–Kier alpha value is -6.15. The molecule has 0 spiro atoms. The van der Waals surface area contributed by atoms with E-state index in [0.29, 0.717) is 0 Å². The molecule has 2 saturated carbocycles. The van der Waals surface area contributed by atoms with E-state index in [2.05, 4.69) is 0 Å². The van der Waals surface area contributed by atoms with E-state index in [1.54, 1.807) is 24.3 Å². The second-order valence-corrected chi connectivity index (χ2v) is 13.6. The third-order valence-electron chi connectivity index (χ3n) is 11.0. The number of hydrogen-bond donors (Lipinski definition) is 3. The molecule has 5 amide bonds. The number of primary amides is 1. The van der Waals surface area contributed by atoms with Crippen molar-refractivity contribution in [2.24, 2.45) is 29.4 Å².